The van der Waals surface area contributed by atoms with Crippen molar-refractivity contribution in [2.24, 2.45) is 4.99 Å². The summed E-state index contributed by atoms with van der Waals surface area (Å²) in [7, 11) is 3.37. The number of benzene rings is 1. The van der Waals surface area contributed by atoms with Gasteiger partial charge >= 0.3 is 0 Å². The average Bonchev–Trinajstić information content (AvgIpc) is 3.14. The van der Waals surface area contributed by atoms with E-state index in [0.29, 0.717) is 12.1 Å². The van der Waals surface area contributed by atoms with Crippen LogP contribution in [0.25, 0.3) is 0 Å². The Hall–Kier alpha value is -2.83. The maximum Gasteiger partial charge on any atom is 0.251 e. The standard InChI is InChI=1S/C17H24N6O/c1-18-16(24)15-7-5-14(6-8-15)13-21-17(19-2)20-9-3-11-23-12-4-10-22-23/h4-8,10,12H,3,9,11,13H2,1-2H3,(H,18,24)(H2,19,20,21). The van der Waals surface area contributed by atoms with Crippen molar-refractivity contribution < 1.29 is 4.79 Å². The summed E-state index contributed by atoms with van der Waals surface area (Å²) >= 11 is 0. The largest absolute Gasteiger partial charge is 0.356 e. The van der Waals surface area contributed by atoms with Crippen LogP contribution >= 0.6 is 0 Å². The van der Waals surface area contributed by atoms with Gasteiger partial charge < -0.3 is 16.0 Å². The third-order valence-electron chi connectivity index (χ3n) is 3.54. The zero-order chi connectivity index (χ0) is 17.2. The summed E-state index contributed by atoms with van der Waals surface area (Å²) < 4.78 is 1.91. The van der Waals surface area contributed by atoms with Gasteiger partial charge in [0.25, 0.3) is 5.91 Å². The van der Waals surface area contributed by atoms with Gasteiger partial charge in [0.1, 0.15) is 0 Å². The van der Waals surface area contributed by atoms with Crippen molar-refractivity contribution >= 4 is 11.9 Å². The van der Waals surface area contributed by atoms with Crippen molar-refractivity contribution in [1.29, 1.82) is 0 Å². The minimum atomic E-state index is -0.0795. The van der Waals surface area contributed by atoms with Crippen molar-refractivity contribution in [1.82, 2.24) is 25.7 Å². The van der Waals surface area contributed by atoms with Crippen LogP contribution in [0, 0.1) is 0 Å². The number of aryl methyl sites for hydroxylation is 1. The van der Waals surface area contributed by atoms with Gasteiger partial charge in [0, 0.05) is 51.7 Å². The summed E-state index contributed by atoms with van der Waals surface area (Å²) in [4.78, 5) is 15.7. The Morgan fingerprint density at radius 2 is 2.04 bits per heavy atom. The van der Waals surface area contributed by atoms with Crippen molar-refractivity contribution in [3.05, 3.63) is 53.9 Å². The Labute approximate surface area is 142 Å². The molecule has 0 radical (unpaired) electrons. The molecule has 0 spiro atoms. The minimum absolute atomic E-state index is 0.0795. The zero-order valence-corrected chi connectivity index (χ0v) is 14.1. The smallest absolute Gasteiger partial charge is 0.251 e. The number of hydrogen-bond acceptors (Lipinski definition) is 3. The van der Waals surface area contributed by atoms with E-state index in [1.165, 1.54) is 0 Å². The van der Waals surface area contributed by atoms with Crippen LogP contribution in [0.2, 0.25) is 0 Å². The van der Waals surface area contributed by atoms with Crippen molar-refractivity contribution in [2.75, 3.05) is 20.6 Å². The quantitative estimate of drug-likeness (QED) is 0.402. The molecule has 0 fully saturated rings. The maximum atomic E-state index is 11.5. The Kier molecular flexibility index (Phi) is 6.82. The molecule has 24 heavy (non-hydrogen) atoms. The van der Waals surface area contributed by atoms with E-state index >= 15 is 0 Å². The molecule has 7 nitrogen and oxygen atoms in total. The first-order valence-electron chi connectivity index (χ1n) is 7.96. The second-order valence-electron chi connectivity index (χ2n) is 5.25. The number of aliphatic imine (C=N–C) groups is 1. The van der Waals surface area contributed by atoms with Crippen LogP contribution in [0.3, 0.4) is 0 Å². The van der Waals surface area contributed by atoms with Crippen LogP contribution in [0.4, 0.5) is 0 Å². The van der Waals surface area contributed by atoms with Crippen LogP contribution in [0.5, 0.6) is 0 Å². The highest BCUT2D eigenvalue weighted by atomic mass is 16.1. The summed E-state index contributed by atoms with van der Waals surface area (Å²) in [6.45, 7) is 2.33. The van der Waals surface area contributed by atoms with Crippen LogP contribution in [-0.2, 0) is 13.1 Å². The summed E-state index contributed by atoms with van der Waals surface area (Å²) in [5.74, 6) is 0.676. The van der Waals surface area contributed by atoms with Gasteiger partial charge in [-0.1, -0.05) is 12.1 Å². The van der Waals surface area contributed by atoms with Crippen molar-refractivity contribution in [3.8, 4) is 0 Å². The Balaban J connectivity index is 1.71. The molecular formula is C17H24N6O. The molecule has 1 heterocycles. The van der Waals surface area contributed by atoms with E-state index in [9.17, 15) is 4.79 Å². The maximum absolute atomic E-state index is 11.5. The topological polar surface area (TPSA) is 83.3 Å². The van der Waals surface area contributed by atoms with Crippen LogP contribution in [-0.4, -0.2) is 42.3 Å². The molecule has 0 aliphatic carbocycles. The lowest BCUT2D eigenvalue weighted by Gasteiger charge is -2.12. The van der Waals surface area contributed by atoms with Gasteiger partial charge in [0.2, 0.25) is 0 Å². The Bertz CT molecular complexity index is 648. The third kappa shape index (κ3) is 5.42. The van der Waals surface area contributed by atoms with E-state index < -0.39 is 0 Å². The second-order valence-corrected chi connectivity index (χ2v) is 5.25. The molecular weight excluding hydrogens is 304 g/mol. The molecule has 0 bridgehead atoms. The summed E-state index contributed by atoms with van der Waals surface area (Å²) in [6, 6.07) is 9.42. The highest BCUT2D eigenvalue weighted by Crippen LogP contribution is 2.04. The normalized spacial score (nSPS) is 11.2. The zero-order valence-electron chi connectivity index (χ0n) is 14.1. The number of nitrogens with zero attached hydrogens (tertiary/aromatic N) is 3. The van der Waals surface area contributed by atoms with Gasteiger partial charge in [-0.25, -0.2) is 0 Å². The van der Waals surface area contributed by atoms with E-state index in [2.05, 4.69) is 26.0 Å². The van der Waals surface area contributed by atoms with E-state index in [1.807, 2.05) is 41.2 Å². The predicted octanol–water partition coefficient (Wildman–Crippen LogP) is 0.998. The SMILES string of the molecule is CN=C(NCCCn1cccn1)NCc1ccc(C(=O)NC)cc1. The van der Waals surface area contributed by atoms with Crippen LogP contribution in [0.15, 0.2) is 47.7 Å². The first-order valence-corrected chi connectivity index (χ1v) is 7.96. The molecule has 3 N–H and O–H groups in total. The molecule has 0 saturated heterocycles. The van der Waals surface area contributed by atoms with Crippen molar-refractivity contribution in [2.45, 2.75) is 19.5 Å². The number of carbonyl (C=O) groups excluding carboxylic acids is 1. The number of aromatic nitrogens is 2. The lowest BCUT2D eigenvalue weighted by molar-refractivity contribution is 0.0963. The molecule has 128 valence electrons. The molecule has 2 aromatic rings. The van der Waals surface area contributed by atoms with Gasteiger partial charge in [-0.05, 0) is 30.2 Å². The van der Waals surface area contributed by atoms with Gasteiger partial charge in [0.15, 0.2) is 5.96 Å². The average molecular weight is 328 g/mol. The molecule has 1 amide bonds. The fourth-order valence-corrected chi connectivity index (χ4v) is 2.21. The molecule has 1 aromatic heterocycles. The number of hydrogen-bond donors (Lipinski definition) is 3. The highest BCUT2D eigenvalue weighted by molar-refractivity contribution is 5.93. The monoisotopic (exact) mass is 328 g/mol. The first-order chi connectivity index (χ1) is 11.7. The molecule has 0 aliphatic heterocycles. The Morgan fingerprint density at radius 3 is 2.67 bits per heavy atom. The van der Waals surface area contributed by atoms with E-state index in [0.717, 1.165) is 31.0 Å². The van der Waals surface area contributed by atoms with Crippen LogP contribution < -0.4 is 16.0 Å². The van der Waals surface area contributed by atoms with Gasteiger partial charge in [-0.2, -0.15) is 5.10 Å². The number of nitrogens with one attached hydrogen (secondary N) is 3. The van der Waals surface area contributed by atoms with Crippen molar-refractivity contribution in [3.63, 3.8) is 0 Å². The van der Waals surface area contributed by atoms with Gasteiger partial charge in [-0.3, -0.25) is 14.5 Å². The van der Waals surface area contributed by atoms with E-state index in [-0.39, 0.29) is 5.91 Å². The second kappa shape index (κ2) is 9.34. The lowest BCUT2D eigenvalue weighted by Crippen LogP contribution is -2.37. The van der Waals surface area contributed by atoms with Crippen LogP contribution in [0.1, 0.15) is 22.3 Å². The Morgan fingerprint density at radius 1 is 1.25 bits per heavy atom. The third-order valence-corrected chi connectivity index (χ3v) is 3.54. The van der Waals surface area contributed by atoms with Gasteiger partial charge in [-0.15, -0.1) is 0 Å². The van der Waals surface area contributed by atoms with E-state index in [1.54, 1.807) is 20.3 Å². The molecule has 1 aromatic carbocycles. The number of guanidine groups is 1. The summed E-state index contributed by atoms with van der Waals surface area (Å²) in [5.41, 5.74) is 1.74. The van der Waals surface area contributed by atoms with Gasteiger partial charge in [0.05, 0.1) is 0 Å². The minimum Gasteiger partial charge on any atom is -0.356 e. The predicted molar refractivity (Wildman–Crippen MR) is 94.9 cm³/mol. The van der Waals surface area contributed by atoms with E-state index in [4.69, 9.17) is 0 Å². The number of rotatable bonds is 7. The first kappa shape index (κ1) is 17.5. The highest BCUT2D eigenvalue weighted by Gasteiger charge is 2.03. The molecule has 0 aliphatic rings. The number of carbonyl (C=O) groups is 1. The number of amides is 1. The lowest BCUT2D eigenvalue weighted by atomic mass is 10.1. The molecule has 0 unspecified atom stereocenters. The fraction of sp³-hybridized carbons (Fsp3) is 0.353. The summed E-state index contributed by atoms with van der Waals surface area (Å²) in [5, 5.41) is 13.3. The fourth-order valence-electron chi connectivity index (χ4n) is 2.21. The molecule has 2 rings (SSSR count). The molecule has 0 atom stereocenters. The molecule has 7 heteroatoms. The summed E-state index contributed by atoms with van der Waals surface area (Å²) in [6.07, 6.45) is 4.70. The molecule has 0 saturated carbocycles.